The van der Waals surface area contributed by atoms with Crippen LogP contribution < -0.4 is 30.3 Å². The molecule has 3 N–H and O–H groups in total. The van der Waals surface area contributed by atoms with Crippen molar-refractivity contribution < 1.29 is 23.9 Å². The molecule has 2 aromatic carbocycles. The number of aryl methyl sites for hydroxylation is 1. The SMILES string of the molecule is COc1ccccc1Oc1ccc(N2C(=O)NC3=C(C(=O)NC4CCCN(C(=O)/C(C#N)=C/C(C)(C)C)C4)SC4NCCC2C34)c(C)c1. The molecule has 3 fully saturated rings. The number of urea groups is 1. The molecule has 3 saturated heterocycles. The summed E-state index contributed by atoms with van der Waals surface area (Å²) in [7, 11) is 1.60. The first-order valence-corrected chi connectivity index (χ1v) is 17.2. The van der Waals surface area contributed by atoms with Gasteiger partial charge in [0.05, 0.1) is 23.4 Å². The van der Waals surface area contributed by atoms with Crippen LogP contribution in [0.2, 0.25) is 0 Å². The predicted molar refractivity (Wildman–Crippen MR) is 184 cm³/mol. The summed E-state index contributed by atoms with van der Waals surface area (Å²) < 4.78 is 11.5. The molecule has 0 aromatic heterocycles. The van der Waals surface area contributed by atoms with Crippen LogP contribution in [0.4, 0.5) is 10.5 Å². The smallest absolute Gasteiger partial charge is 0.326 e. The van der Waals surface area contributed by atoms with Gasteiger partial charge in [-0.15, -0.1) is 0 Å². The minimum Gasteiger partial charge on any atom is -0.493 e. The Hall–Kier alpha value is -4.47. The molecule has 11 nitrogen and oxygen atoms in total. The minimum absolute atomic E-state index is 0.0683. The van der Waals surface area contributed by atoms with E-state index in [9.17, 15) is 19.6 Å². The number of piperidine rings is 2. The summed E-state index contributed by atoms with van der Waals surface area (Å²) in [6.45, 7) is 9.37. The Morgan fingerprint density at radius 3 is 2.62 bits per heavy atom. The van der Waals surface area contributed by atoms with Crippen molar-refractivity contribution in [1.82, 2.24) is 20.9 Å². The van der Waals surface area contributed by atoms with Crippen molar-refractivity contribution in [3.8, 4) is 23.3 Å². The number of para-hydroxylation sites is 2. The molecular formula is C36H42N6O5S. The van der Waals surface area contributed by atoms with E-state index in [2.05, 4.69) is 22.0 Å². The fourth-order valence-electron chi connectivity index (χ4n) is 6.97. The van der Waals surface area contributed by atoms with Crippen LogP contribution in [0.5, 0.6) is 17.2 Å². The number of rotatable bonds is 7. The molecule has 252 valence electrons. The standard InChI is InChI=1S/C36H42N6O5S/c1-21-17-24(47-28-11-7-6-10-27(28)46-5)12-13-25(21)42-26-14-15-38-33-29(26)30(40-35(42)45)31(48-33)32(43)39-23-9-8-16-41(20-23)34(44)22(19-37)18-36(2,3)4/h6-7,10-13,17-18,23,26,29,33,38H,8-9,14-16,20H2,1-5H3,(H,39,43)(H,40,45)/b22-18+. The Labute approximate surface area is 285 Å². The molecule has 0 saturated carbocycles. The van der Waals surface area contributed by atoms with Crippen LogP contribution >= 0.6 is 11.8 Å². The Kier molecular flexibility index (Phi) is 9.45. The van der Waals surface area contributed by atoms with E-state index >= 15 is 0 Å². The Bertz CT molecular complexity index is 1730. The highest BCUT2D eigenvalue weighted by molar-refractivity contribution is 8.04. The van der Waals surface area contributed by atoms with E-state index < -0.39 is 0 Å². The number of hydrogen-bond donors (Lipinski definition) is 3. The lowest BCUT2D eigenvalue weighted by Crippen LogP contribution is -2.62. The second kappa shape index (κ2) is 13.6. The maximum atomic E-state index is 13.8. The number of nitrogens with one attached hydrogen (secondary N) is 3. The Morgan fingerprint density at radius 1 is 1.15 bits per heavy atom. The van der Waals surface area contributed by atoms with E-state index in [1.54, 1.807) is 18.1 Å². The molecule has 12 heteroatoms. The van der Waals surface area contributed by atoms with Gasteiger partial charge in [0, 0.05) is 36.4 Å². The third kappa shape index (κ3) is 6.75. The van der Waals surface area contributed by atoms with E-state index in [4.69, 9.17) is 9.47 Å². The van der Waals surface area contributed by atoms with Gasteiger partial charge in [-0.2, -0.15) is 5.26 Å². The largest absolute Gasteiger partial charge is 0.493 e. The summed E-state index contributed by atoms with van der Waals surface area (Å²) in [5.74, 6) is 1.20. The van der Waals surface area contributed by atoms with Gasteiger partial charge in [-0.1, -0.05) is 50.7 Å². The van der Waals surface area contributed by atoms with E-state index in [0.717, 1.165) is 24.1 Å². The van der Waals surface area contributed by atoms with E-state index in [1.165, 1.54) is 11.8 Å². The highest BCUT2D eigenvalue weighted by Crippen LogP contribution is 2.48. The fraction of sp³-hybridized carbons (Fsp3) is 0.444. The summed E-state index contributed by atoms with van der Waals surface area (Å²) in [5.41, 5.74) is 2.13. The normalized spacial score (nSPS) is 24.0. The van der Waals surface area contributed by atoms with Crippen LogP contribution in [0.1, 0.15) is 45.6 Å². The second-order valence-corrected chi connectivity index (χ2v) is 14.9. The van der Waals surface area contributed by atoms with Crippen molar-refractivity contribution in [3.63, 3.8) is 0 Å². The lowest BCUT2D eigenvalue weighted by atomic mass is 9.86. The van der Waals surface area contributed by atoms with Crippen LogP contribution in [-0.2, 0) is 9.59 Å². The van der Waals surface area contributed by atoms with Crippen molar-refractivity contribution >= 4 is 35.3 Å². The minimum atomic E-state index is -0.312. The number of nitrogens with zero attached hydrogens (tertiary/aromatic N) is 3. The fourth-order valence-corrected chi connectivity index (χ4v) is 8.37. The number of nitriles is 1. The molecule has 4 atom stereocenters. The number of likely N-dealkylation sites (tertiary alicyclic amines) is 1. The van der Waals surface area contributed by atoms with Crippen LogP contribution in [0.3, 0.4) is 0 Å². The molecule has 0 spiro atoms. The zero-order chi connectivity index (χ0) is 34.2. The average molecular weight is 671 g/mol. The molecule has 4 aliphatic rings. The third-order valence-corrected chi connectivity index (χ3v) is 10.4. The molecule has 4 amide bonds. The summed E-state index contributed by atoms with van der Waals surface area (Å²) in [6.07, 6.45) is 3.87. The van der Waals surface area contributed by atoms with E-state index in [1.807, 2.05) is 75.1 Å². The summed E-state index contributed by atoms with van der Waals surface area (Å²) in [5, 5.41) is 19.3. The lowest BCUT2D eigenvalue weighted by molar-refractivity contribution is -0.129. The summed E-state index contributed by atoms with van der Waals surface area (Å²) in [4.78, 5) is 44.8. The summed E-state index contributed by atoms with van der Waals surface area (Å²) in [6, 6.07) is 14.5. The zero-order valence-electron chi connectivity index (χ0n) is 28.0. The van der Waals surface area contributed by atoms with Crippen molar-refractivity contribution in [2.75, 3.05) is 31.6 Å². The van der Waals surface area contributed by atoms with Crippen LogP contribution in [0.25, 0.3) is 0 Å². The Morgan fingerprint density at radius 2 is 1.92 bits per heavy atom. The number of benzene rings is 2. The highest BCUT2D eigenvalue weighted by atomic mass is 32.2. The molecule has 0 aliphatic carbocycles. The highest BCUT2D eigenvalue weighted by Gasteiger charge is 2.52. The van der Waals surface area contributed by atoms with Gasteiger partial charge in [0.1, 0.15) is 17.4 Å². The van der Waals surface area contributed by atoms with Gasteiger partial charge in [0.15, 0.2) is 11.5 Å². The van der Waals surface area contributed by atoms with Gasteiger partial charge < -0.3 is 30.3 Å². The first-order valence-electron chi connectivity index (χ1n) is 16.4. The van der Waals surface area contributed by atoms with Crippen LogP contribution in [0.15, 0.2) is 64.7 Å². The molecule has 6 rings (SSSR count). The van der Waals surface area contributed by atoms with Crippen molar-refractivity contribution in [2.45, 2.75) is 64.4 Å². The van der Waals surface area contributed by atoms with Crippen molar-refractivity contribution in [3.05, 3.63) is 70.3 Å². The molecule has 48 heavy (non-hydrogen) atoms. The number of amides is 4. The number of thioether (sulfide) groups is 1. The average Bonchev–Trinajstić information content (AvgIpc) is 3.43. The van der Waals surface area contributed by atoms with Gasteiger partial charge in [-0.25, -0.2) is 4.79 Å². The van der Waals surface area contributed by atoms with Crippen molar-refractivity contribution in [1.29, 1.82) is 5.26 Å². The number of carbonyl (C=O) groups is 3. The topological polar surface area (TPSA) is 136 Å². The number of allylic oxidation sites excluding steroid dienone is 1. The summed E-state index contributed by atoms with van der Waals surface area (Å²) >= 11 is 1.45. The predicted octanol–water partition coefficient (Wildman–Crippen LogP) is 5.19. The molecular weight excluding hydrogens is 628 g/mol. The molecule has 4 heterocycles. The lowest BCUT2D eigenvalue weighted by Gasteiger charge is -2.46. The van der Waals surface area contributed by atoms with Crippen LogP contribution in [0, 0.1) is 29.6 Å². The van der Waals surface area contributed by atoms with Gasteiger partial charge in [0.2, 0.25) is 0 Å². The quantitative estimate of drug-likeness (QED) is 0.271. The maximum Gasteiger partial charge on any atom is 0.326 e. The third-order valence-electron chi connectivity index (χ3n) is 9.04. The van der Waals surface area contributed by atoms with E-state index in [-0.39, 0.29) is 52.2 Å². The monoisotopic (exact) mass is 670 g/mol. The number of methoxy groups -OCH3 is 1. The first-order chi connectivity index (χ1) is 23.0. The van der Waals surface area contributed by atoms with E-state index in [0.29, 0.717) is 53.9 Å². The zero-order valence-corrected chi connectivity index (χ0v) is 28.8. The first kappa shape index (κ1) is 33.4. The molecule has 4 unspecified atom stereocenters. The van der Waals surface area contributed by atoms with Crippen LogP contribution in [-0.4, -0.2) is 66.9 Å². The number of anilines is 1. The Balaban J connectivity index is 1.18. The maximum absolute atomic E-state index is 13.8. The van der Waals surface area contributed by atoms with Gasteiger partial charge in [-0.05, 0) is 74.0 Å². The second-order valence-electron chi connectivity index (χ2n) is 13.7. The molecule has 2 aromatic rings. The number of ether oxygens (including phenoxy) is 2. The molecule has 0 radical (unpaired) electrons. The van der Waals surface area contributed by atoms with Gasteiger partial charge in [0.25, 0.3) is 11.8 Å². The van der Waals surface area contributed by atoms with Gasteiger partial charge >= 0.3 is 6.03 Å². The van der Waals surface area contributed by atoms with Gasteiger partial charge in [-0.3, -0.25) is 14.5 Å². The molecule has 4 aliphatic heterocycles. The number of hydrogen-bond acceptors (Lipinski definition) is 8. The van der Waals surface area contributed by atoms with Crippen molar-refractivity contribution in [2.24, 2.45) is 11.3 Å². The number of carbonyl (C=O) groups excluding carboxylic acids is 3. The molecule has 0 bridgehead atoms.